The van der Waals surface area contributed by atoms with Crippen molar-refractivity contribution in [3.05, 3.63) is 60.0 Å². The SMILES string of the molecule is C=C/C(=C\C)C(CC)c1ccc(F)cc1. The molecule has 0 aliphatic rings. The van der Waals surface area contributed by atoms with E-state index in [9.17, 15) is 4.39 Å². The Morgan fingerprint density at radius 3 is 2.40 bits per heavy atom. The summed E-state index contributed by atoms with van der Waals surface area (Å²) in [6.07, 6.45) is 4.93. The van der Waals surface area contributed by atoms with Crippen molar-refractivity contribution in [3.8, 4) is 0 Å². The van der Waals surface area contributed by atoms with Crippen molar-refractivity contribution >= 4 is 0 Å². The van der Waals surface area contributed by atoms with E-state index in [1.807, 2.05) is 25.1 Å². The van der Waals surface area contributed by atoms with Crippen LogP contribution in [0.15, 0.2) is 48.6 Å². The Morgan fingerprint density at radius 1 is 1.40 bits per heavy atom. The highest BCUT2D eigenvalue weighted by Gasteiger charge is 2.11. The zero-order valence-electron chi connectivity index (χ0n) is 9.33. The highest BCUT2D eigenvalue weighted by molar-refractivity contribution is 5.33. The molecule has 0 nitrogen and oxygen atoms in total. The van der Waals surface area contributed by atoms with Crippen LogP contribution in [-0.4, -0.2) is 0 Å². The van der Waals surface area contributed by atoms with E-state index >= 15 is 0 Å². The van der Waals surface area contributed by atoms with Crippen molar-refractivity contribution in [1.29, 1.82) is 0 Å². The van der Waals surface area contributed by atoms with Crippen LogP contribution in [0.1, 0.15) is 31.7 Å². The van der Waals surface area contributed by atoms with E-state index in [0.717, 1.165) is 12.0 Å². The first-order chi connectivity index (χ1) is 7.22. The normalized spacial score (nSPS) is 13.7. The number of rotatable bonds is 4. The summed E-state index contributed by atoms with van der Waals surface area (Å²) in [5, 5.41) is 0. The molecular formula is C14H17F. The fourth-order valence-electron chi connectivity index (χ4n) is 1.82. The highest BCUT2D eigenvalue weighted by Crippen LogP contribution is 2.28. The molecule has 1 rings (SSSR count). The van der Waals surface area contributed by atoms with Crippen LogP contribution in [-0.2, 0) is 0 Å². The average Bonchev–Trinajstić information content (AvgIpc) is 2.27. The van der Waals surface area contributed by atoms with E-state index < -0.39 is 0 Å². The molecule has 1 atom stereocenters. The van der Waals surface area contributed by atoms with Crippen LogP contribution in [0.2, 0.25) is 0 Å². The summed E-state index contributed by atoms with van der Waals surface area (Å²) in [6.45, 7) is 7.93. The number of hydrogen-bond donors (Lipinski definition) is 0. The van der Waals surface area contributed by atoms with Gasteiger partial charge in [-0.2, -0.15) is 0 Å². The maximum atomic E-state index is 12.8. The average molecular weight is 204 g/mol. The van der Waals surface area contributed by atoms with Crippen molar-refractivity contribution in [2.45, 2.75) is 26.2 Å². The topological polar surface area (TPSA) is 0 Å². The van der Waals surface area contributed by atoms with Crippen molar-refractivity contribution in [2.24, 2.45) is 0 Å². The number of halogens is 1. The van der Waals surface area contributed by atoms with Crippen molar-refractivity contribution in [2.75, 3.05) is 0 Å². The van der Waals surface area contributed by atoms with E-state index in [4.69, 9.17) is 0 Å². The Labute approximate surface area is 91.1 Å². The quantitative estimate of drug-likeness (QED) is 0.635. The summed E-state index contributed by atoms with van der Waals surface area (Å²) < 4.78 is 12.8. The molecule has 1 aromatic rings. The lowest BCUT2D eigenvalue weighted by molar-refractivity contribution is 0.625. The van der Waals surface area contributed by atoms with Gasteiger partial charge in [-0.15, -0.1) is 0 Å². The molecule has 0 spiro atoms. The van der Waals surface area contributed by atoms with Gasteiger partial charge in [-0.3, -0.25) is 0 Å². The molecule has 0 aliphatic heterocycles. The van der Waals surface area contributed by atoms with Gasteiger partial charge in [0.05, 0.1) is 0 Å². The predicted molar refractivity (Wildman–Crippen MR) is 63.4 cm³/mol. The molecule has 0 saturated carbocycles. The van der Waals surface area contributed by atoms with Gasteiger partial charge in [-0.25, -0.2) is 4.39 Å². The molecule has 1 aromatic carbocycles. The fourth-order valence-corrected chi connectivity index (χ4v) is 1.82. The van der Waals surface area contributed by atoms with Crippen LogP contribution in [0.25, 0.3) is 0 Å². The smallest absolute Gasteiger partial charge is 0.123 e. The number of benzene rings is 1. The first-order valence-corrected chi connectivity index (χ1v) is 5.27. The van der Waals surface area contributed by atoms with E-state index in [1.165, 1.54) is 17.7 Å². The van der Waals surface area contributed by atoms with E-state index in [0.29, 0.717) is 5.92 Å². The molecule has 0 aromatic heterocycles. The summed E-state index contributed by atoms with van der Waals surface area (Å²) in [7, 11) is 0. The Hall–Kier alpha value is -1.37. The minimum absolute atomic E-state index is 0.186. The second-order valence-corrected chi connectivity index (χ2v) is 3.51. The van der Waals surface area contributed by atoms with E-state index in [1.54, 1.807) is 0 Å². The maximum absolute atomic E-state index is 12.8. The molecule has 1 heteroatoms. The third-order valence-electron chi connectivity index (χ3n) is 2.65. The van der Waals surface area contributed by atoms with Crippen LogP contribution in [0.5, 0.6) is 0 Å². The third-order valence-corrected chi connectivity index (χ3v) is 2.65. The lowest BCUT2D eigenvalue weighted by Gasteiger charge is -2.16. The largest absolute Gasteiger partial charge is 0.207 e. The standard InChI is InChI=1S/C14H17F/c1-4-11(5-2)14(6-3)12-7-9-13(15)10-8-12/h4-5,7-10,14H,1,6H2,2-3H3/b11-5+. The molecule has 0 amide bonds. The summed E-state index contributed by atoms with van der Waals surface area (Å²) in [6, 6.07) is 6.70. The Morgan fingerprint density at radius 2 is 2.00 bits per heavy atom. The van der Waals surface area contributed by atoms with Crippen LogP contribution in [0, 0.1) is 5.82 Å². The molecular weight excluding hydrogens is 187 g/mol. The van der Waals surface area contributed by atoms with Gasteiger partial charge in [-0.1, -0.05) is 37.8 Å². The Bertz CT molecular complexity index is 346. The summed E-state index contributed by atoms with van der Waals surface area (Å²) in [4.78, 5) is 0. The Kier molecular flexibility index (Phi) is 4.29. The molecule has 80 valence electrons. The molecule has 0 bridgehead atoms. The Balaban J connectivity index is 3.02. The zero-order chi connectivity index (χ0) is 11.3. The molecule has 1 unspecified atom stereocenters. The van der Waals surface area contributed by atoms with Crippen LogP contribution in [0.4, 0.5) is 4.39 Å². The van der Waals surface area contributed by atoms with E-state index in [-0.39, 0.29) is 5.82 Å². The maximum Gasteiger partial charge on any atom is 0.123 e. The van der Waals surface area contributed by atoms with E-state index in [2.05, 4.69) is 19.6 Å². The summed E-state index contributed by atoms with van der Waals surface area (Å²) >= 11 is 0. The highest BCUT2D eigenvalue weighted by atomic mass is 19.1. The molecule has 0 heterocycles. The predicted octanol–water partition coefficient (Wildman–Crippen LogP) is 4.45. The zero-order valence-corrected chi connectivity index (χ0v) is 9.33. The molecule has 0 fully saturated rings. The van der Waals surface area contributed by atoms with Crippen LogP contribution in [0.3, 0.4) is 0 Å². The molecule has 0 saturated heterocycles. The van der Waals surface area contributed by atoms with Gasteiger partial charge < -0.3 is 0 Å². The summed E-state index contributed by atoms with van der Waals surface area (Å²) in [5.74, 6) is 0.141. The fraction of sp³-hybridized carbons (Fsp3) is 0.286. The monoisotopic (exact) mass is 204 g/mol. The molecule has 15 heavy (non-hydrogen) atoms. The molecule has 0 aliphatic carbocycles. The van der Waals surface area contributed by atoms with Crippen LogP contribution < -0.4 is 0 Å². The number of hydrogen-bond acceptors (Lipinski definition) is 0. The van der Waals surface area contributed by atoms with Gasteiger partial charge in [0.1, 0.15) is 5.82 Å². The van der Waals surface area contributed by atoms with Crippen molar-refractivity contribution in [3.63, 3.8) is 0 Å². The summed E-state index contributed by atoms with van der Waals surface area (Å²) in [5.41, 5.74) is 2.34. The lowest BCUT2D eigenvalue weighted by Crippen LogP contribution is -1.99. The second-order valence-electron chi connectivity index (χ2n) is 3.51. The van der Waals surface area contributed by atoms with Crippen LogP contribution >= 0.6 is 0 Å². The van der Waals surface area contributed by atoms with Crippen molar-refractivity contribution < 1.29 is 4.39 Å². The van der Waals surface area contributed by atoms with Gasteiger partial charge in [0.2, 0.25) is 0 Å². The van der Waals surface area contributed by atoms with Crippen molar-refractivity contribution in [1.82, 2.24) is 0 Å². The first kappa shape index (κ1) is 11.7. The molecule has 0 N–H and O–H groups in total. The van der Waals surface area contributed by atoms with Gasteiger partial charge in [-0.05, 0) is 36.6 Å². The third kappa shape index (κ3) is 2.79. The van der Waals surface area contributed by atoms with Gasteiger partial charge in [0.15, 0.2) is 0 Å². The molecule has 0 radical (unpaired) electrons. The van der Waals surface area contributed by atoms with Gasteiger partial charge in [0.25, 0.3) is 0 Å². The van der Waals surface area contributed by atoms with Gasteiger partial charge in [0, 0.05) is 5.92 Å². The lowest BCUT2D eigenvalue weighted by atomic mass is 9.89. The number of allylic oxidation sites excluding steroid dienone is 3. The second kappa shape index (κ2) is 5.50. The minimum Gasteiger partial charge on any atom is -0.207 e. The minimum atomic E-state index is -0.186. The first-order valence-electron chi connectivity index (χ1n) is 5.27. The van der Waals surface area contributed by atoms with Gasteiger partial charge >= 0.3 is 0 Å².